The highest BCUT2D eigenvalue weighted by Crippen LogP contribution is 2.24. The van der Waals surface area contributed by atoms with Gasteiger partial charge in [-0.3, -0.25) is 4.79 Å². The number of hydrogen-bond donors (Lipinski definition) is 2. The monoisotopic (exact) mass is 418 g/mol. The number of carbonyl (C=O) groups excluding carboxylic acids is 1. The van der Waals surface area contributed by atoms with Crippen LogP contribution < -0.4 is 19.9 Å². The number of piperazine rings is 1. The van der Waals surface area contributed by atoms with E-state index in [1.54, 1.807) is 17.0 Å². The molecule has 7 nitrogen and oxygen atoms in total. The van der Waals surface area contributed by atoms with Crippen molar-refractivity contribution in [3.8, 4) is 17.0 Å². The zero-order chi connectivity index (χ0) is 21.6. The lowest BCUT2D eigenvalue weighted by molar-refractivity contribution is -0.880. The van der Waals surface area contributed by atoms with Gasteiger partial charge in [0.05, 0.1) is 51.1 Å². The fraction of sp³-hybridized carbons (Fsp3) is 0.292. The van der Waals surface area contributed by atoms with Crippen LogP contribution in [0.5, 0.6) is 5.75 Å². The third-order valence-electron chi connectivity index (χ3n) is 5.44. The normalized spacial score (nSPS) is 14.3. The van der Waals surface area contributed by atoms with Crippen molar-refractivity contribution in [3.05, 3.63) is 66.2 Å². The third-order valence-corrected chi connectivity index (χ3v) is 5.44. The molecular formula is C24H28N5O2+. The second kappa shape index (κ2) is 9.57. The van der Waals surface area contributed by atoms with Gasteiger partial charge in [0.25, 0.3) is 5.91 Å². The number of hydrogen-bond acceptors (Lipinski definition) is 5. The molecule has 1 aliphatic heterocycles. The van der Waals surface area contributed by atoms with Crippen LogP contribution in [-0.2, 0) is 0 Å². The lowest BCUT2D eigenvalue weighted by Crippen LogP contribution is -3.12. The molecule has 0 bridgehead atoms. The zero-order valence-corrected chi connectivity index (χ0v) is 18.0. The van der Waals surface area contributed by atoms with Gasteiger partial charge < -0.3 is 19.9 Å². The quantitative estimate of drug-likeness (QED) is 0.642. The lowest BCUT2D eigenvalue weighted by Gasteiger charge is -2.30. The Morgan fingerprint density at radius 2 is 1.87 bits per heavy atom. The van der Waals surface area contributed by atoms with Crippen molar-refractivity contribution in [1.29, 1.82) is 0 Å². The van der Waals surface area contributed by atoms with Crippen molar-refractivity contribution in [2.24, 2.45) is 0 Å². The maximum atomic E-state index is 12.8. The molecule has 3 aromatic rings. The van der Waals surface area contributed by atoms with Crippen LogP contribution in [-0.4, -0.2) is 55.9 Å². The average molecular weight is 419 g/mol. The molecule has 0 radical (unpaired) electrons. The minimum absolute atomic E-state index is 0.208. The molecule has 31 heavy (non-hydrogen) atoms. The van der Waals surface area contributed by atoms with E-state index in [0.717, 1.165) is 43.3 Å². The predicted octanol–water partition coefficient (Wildman–Crippen LogP) is 2.13. The van der Waals surface area contributed by atoms with Gasteiger partial charge in [0, 0.05) is 11.3 Å². The minimum atomic E-state index is -0.208. The summed E-state index contributed by atoms with van der Waals surface area (Å²) in [4.78, 5) is 16.6. The first-order valence-corrected chi connectivity index (χ1v) is 10.7. The van der Waals surface area contributed by atoms with Crippen molar-refractivity contribution in [2.75, 3.05) is 50.1 Å². The Kier molecular flexibility index (Phi) is 6.43. The minimum Gasteiger partial charge on any atom is -0.493 e. The van der Waals surface area contributed by atoms with E-state index in [1.165, 1.54) is 0 Å². The highest BCUT2D eigenvalue weighted by atomic mass is 16.5. The van der Waals surface area contributed by atoms with Gasteiger partial charge in [-0.15, -0.1) is 10.2 Å². The second-order valence-electron chi connectivity index (χ2n) is 7.69. The number of carbonyl (C=O) groups is 1. The van der Waals surface area contributed by atoms with Crippen LogP contribution in [0, 0.1) is 0 Å². The first-order valence-electron chi connectivity index (χ1n) is 10.7. The fourth-order valence-corrected chi connectivity index (χ4v) is 3.66. The van der Waals surface area contributed by atoms with Crippen LogP contribution in [0.2, 0.25) is 0 Å². The number of likely N-dealkylation sites (N-methyl/N-ethyl adjacent to an activating group) is 1. The van der Waals surface area contributed by atoms with Crippen LogP contribution in [0.3, 0.4) is 0 Å². The van der Waals surface area contributed by atoms with E-state index in [4.69, 9.17) is 4.74 Å². The van der Waals surface area contributed by atoms with Gasteiger partial charge in [-0.2, -0.15) is 0 Å². The first kappa shape index (κ1) is 20.8. The van der Waals surface area contributed by atoms with E-state index in [2.05, 4.69) is 27.5 Å². The summed E-state index contributed by atoms with van der Waals surface area (Å²) in [6.45, 7) is 6.60. The average Bonchev–Trinajstić information content (AvgIpc) is 2.80. The number of amides is 1. The lowest BCUT2D eigenvalue weighted by atomic mass is 10.1. The summed E-state index contributed by atoms with van der Waals surface area (Å²) in [6, 6.07) is 18.9. The summed E-state index contributed by atoms with van der Waals surface area (Å²) in [5.74, 6) is 1.28. The number of nitrogens with zero attached hydrogens (tertiary/aromatic N) is 3. The van der Waals surface area contributed by atoms with Crippen molar-refractivity contribution >= 4 is 17.4 Å². The summed E-state index contributed by atoms with van der Waals surface area (Å²) in [5.41, 5.74) is 2.88. The summed E-state index contributed by atoms with van der Waals surface area (Å²) in [7, 11) is 2.22. The van der Waals surface area contributed by atoms with Gasteiger partial charge >= 0.3 is 0 Å². The number of aromatic nitrogens is 2. The van der Waals surface area contributed by atoms with E-state index in [1.807, 2.05) is 55.5 Å². The number of rotatable bonds is 6. The maximum absolute atomic E-state index is 12.8. The number of quaternary nitrogens is 1. The second-order valence-corrected chi connectivity index (χ2v) is 7.69. The Hall–Kier alpha value is -3.45. The molecule has 7 heteroatoms. The predicted molar refractivity (Wildman–Crippen MR) is 122 cm³/mol. The number of nitrogens with one attached hydrogen (secondary N) is 2. The fourth-order valence-electron chi connectivity index (χ4n) is 3.66. The van der Waals surface area contributed by atoms with Gasteiger partial charge in [-0.1, -0.05) is 24.3 Å². The number of anilines is 2. The maximum Gasteiger partial charge on any atom is 0.259 e. The number of para-hydroxylation sites is 1. The molecule has 1 fully saturated rings. The van der Waals surface area contributed by atoms with Crippen LogP contribution in [0.4, 0.5) is 11.5 Å². The largest absolute Gasteiger partial charge is 0.493 e. The van der Waals surface area contributed by atoms with Crippen LogP contribution >= 0.6 is 0 Å². The number of ether oxygens (including phenoxy) is 1. The molecule has 160 valence electrons. The zero-order valence-electron chi connectivity index (χ0n) is 18.0. The number of benzene rings is 2. The van der Waals surface area contributed by atoms with Gasteiger partial charge in [0.2, 0.25) is 0 Å². The highest BCUT2D eigenvalue weighted by Gasteiger charge is 2.18. The van der Waals surface area contributed by atoms with Gasteiger partial charge in [0.15, 0.2) is 5.82 Å². The van der Waals surface area contributed by atoms with Crippen molar-refractivity contribution in [1.82, 2.24) is 10.2 Å². The topological polar surface area (TPSA) is 71.8 Å². The van der Waals surface area contributed by atoms with Crippen LogP contribution in [0.1, 0.15) is 17.3 Å². The standard InChI is InChI=1S/C24H27N5O2/c1-3-31-22-10-5-4-9-20(22)24(30)25-19-8-6-7-18(17-19)21-11-12-23(27-26-21)29-15-13-28(2)14-16-29/h4-12,17H,3,13-16H2,1-2H3,(H,25,30)/p+1. The molecule has 0 spiro atoms. The van der Waals surface area contributed by atoms with E-state index in [0.29, 0.717) is 23.6 Å². The molecule has 0 atom stereocenters. The van der Waals surface area contributed by atoms with Crippen molar-refractivity contribution < 1.29 is 14.4 Å². The van der Waals surface area contributed by atoms with Crippen molar-refractivity contribution in [3.63, 3.8) is 0 Å². The van der Waals surface area contributed by atoms with Gasteiger partial charge in [-0.05, 0) is 43.3 Å². The van der Waals surface area contributed by atoms with E-state index >= 15 is 0 Å². The Morgan fingerprint density at radius 1 is 1.06 bits per heavy atom. The molecule has 0 saturated carbocycles. The molecule has 1 aromatic heterocycles. The van der Waals surface area contributed by atoms with E-state index in [-0.39, 0.29) is 5.91 Å². The molecule has 0 aliphatic carbocycles. The Balaban J connectivity index is 1.48. The molecule has 1 saturated heterocycles. The van der Waals surface area contributed by atoms with Gasteiger partial charge in [-0.25, -0.2) is 0 Å². The highest BCUT2D eigenvalue weighted by molar-refractivity contribution is 6.06. The Morgan fingerprint density at radius 3 is 2.61 bits per heavy atom. The SMILES string of the molecule is CCOc1ccccc1C(=O)Nc1cccc(-c2ccc(N3CC[NH+](C)CC3)nn2)c1. The Bertz CT molecular complexity index is 1030. The van der Waals surface area contributed by atoms with Crippen molar-refractivity contribution in [2.45, 2.75) is 6.92 Å². The third kappa shape index (κ3) is 5.00. The molecule has 2 heterocycles. The molecule has 2 aromatic carbocycles. The van der Waals surface area contributed by atoms with E-state index in [9.17, 15) is 4.79 Å². The molecular weight excluding hydrogens is 390 g/mol. The molecule has 2 N–H and O–H groups in total. The van der Waals surface area contributed by atoms with Gasteiger partial charge in [0.1, 0.15) is 5.75 Å². The summed E-state index contributed by atoms with van der Waals surface area (Å²) < 4.78 is 5.57. The molecule has 1 aliphatic rings. The summed E-state index contributed by atoms with van der Waals surface area (Å²) in [5, 5.41) is 11.8. The van der Waals surface area contributed by atoms with Crippen LogP contribution in [0.15, 0.2) is 60.7 Å². The Labute approximate surface area is 182 Å². The molecule has 0 unspecified atom stereocenters. The summed E-state index contributed by atoms with van der Waals surface area (Å²) >= 11 is 0. The first-order chi connectivity index (χ1) is 15.1. The van der Waals surface area contributed by atoms with E-state index < -0.39 is 0 Å². The molecule has 4 rings (SSSR count). The van der Waals surface area contributed by atoms with Crippen LogP contribution in [0.25, 0.3) is 11.3 Å². The summed E-state index contributed by atoms with van der Waals surface area (Å²) in [6.07, 6.45) is 0. The molecule has 1 amide bonds. The smallest absolute Gasteiger partial charge is 0.259 e.